The Hall–Kier alpha value is -3.67. The van der Waals surface area contributed by atoms with Crippen LogP contribution in [0.15, 0.2) is 29.1 Å². The van der Waals surface area contributed by atoms with E-state index in [4.69, 9.17) is 9.47 Å². The van der Waals surface area contributed by atoms with Gasteiger partial charge in [-0.1, -0.05) is 51.7 Å². The number of amides is 2. The van der Waals surface area contributed by atoms with Crippen LogP contribution >= 0.6 is 0 Å². The molecule has 0 saturated carbocycles. The minimum Gasteiger partial charge on any atom is -0.464 e. The Morgan fingerprint density at radius 1 is 1.19 bits per heavy atom. The highest BCUT2D eigenvalue weighted by Gasteiger charge is 2.39. The van der Waals surface area contributed by atoms with Gasteiger partial charge in [-0.15, -0.1) is 0 Å². The fraction of sp³-hybridized carbons (Fsp3) is 0.581. The van der Waals surface area contributed by atoms with Gasteiger partial charge in [-0.3, -0.25) is 14.6 Å². The molecule has 2 aromatic rings. The molecule has 11 nitrogen and oxygen atoms in total. The number of likely N-dealkylation sites (tertiary alicyclic amines) is 1. The smallest absolute Gasteiger partial charge is 0.407 e. The summed E-state index contributed by atoms with van der Waals surface area (Å²) in [5.74, 6) is -0.345. The molecule has 2 amide bonds. The lowest BCUT2D eigenvalue weighted by Crippen LogP contribution is -2.54. The summed E-state index contributed by atoms with van der Waals surface area (Å²) in [6, 6.07) is 4.96. The van der Waals surface area contributed by atoms with Crippen molar-refractivity contribution in [1.29, 1.82) is 0 Å². The van der Waals surface area contributed by atoms with Crippen LogP contribution in [-0.4, -0.2) is 86.8 Å². The maximum absolute atomic E-state index is 13.4. The molecule has 2 N–H and O–H groups in total. The Morgan fingerprint density at radius 2 is 1.93 bits per heavy atom. The number of unbranched alkanes of at least 4 members (excludes halogenated alkanes) is 1. The summed E-state index contributed by atoms with van der Waals surface area (Å²) in [7, 11) is 2.29. The van der Waals surface area contributed by atoms with Crippen LogP contribution in [0.1, 0.15) is 45.1 Å². The van der Waals surface area contributed by atoms with Crippen LogP contribution in [-0.2, 0) is 19.1 Å². The van der Waals surface area contributed by atoms with Crippen molar-refractivity contribution < 1.29 is 23.9 Å². The van der Waals surface area contributed by atoms with Gasteiger partial charge in [0, 0.05) is 28.7 Å². The minimum absolute atomic E-state index is 0.180. The number of benzene rings is 1. The molecule has 0 spiro atoms. The number of carbonyl (C=O) groups excluding carboxylic acids is 3. The summed E-state index contributed by atoms with van der Waals surface area (Å²) >= 11 is 0. The molecule has 2 atom stereocenters. The Morgan fingerprint density at radius 3 is 2.60 bits per heavy atom. The molecule has 12 heteroatoms. The summed E-state index contributed by atoms with van der Waals surface area (Å²) in [4.78, 5) is 61.6. The van der Waals surface area contributed by atoms with Crippen LogP contribution in [0.25, 0.3) is 17.0 Å². The van der Waals surface area contributed by atoms with E-state index in [0.717, 1.165) is 11.6 Å². The average Bonchev–Trinajstić information content (AvgIpc) is 3.42. The first-order chi connectivity index (χ1) is 20.3. The molecule has 1 aromatic heterocycles. The Labute approximate surface area is 255 Å². The first-order valence-electron chi connectivity index (χ1n) is 15.0. The monoisotopic (exact) mass is 613 g/mol. The lowest BCUT2D eigenvalue weighted by molar-refractivity contribution is -0.153. The van der Waals surface area contributed by atoms with Crippen LogP contribution in [0.3, 0.4) is 0 Å². The van der Waals surface area contributed by atoms with Crippen molar-refractivity contribution in [1.82, 2.24) is 20.2 Å². The first-order valence-corrected chi connectivity index (χ1v) is 18.8. The molecule has 0 bridgehead atoms. The van der Waals surface area contributed by atoms with Crippen molar-refractivity contribution in [2.75, 3.05) is 38.8 Å². The van der Waals surface area contributed by atoms with Crippen LogP contribution < -0.4 is 15.8 Å². The predicted octanol–water partition coefficient (Wildman–Crippen LogP) is 4.41. The second-order valence-electron chi connectivity index (χ2n) is 12.8. The van der Waals surface area contributed by atoms with Crippen molar-refractivity contribution >= 4 is 49.0 Å². The maximum atomic E-state index is 13.4. The number of fused-ring (bicyclic) bond motifs is 1. The largest absolute Gasteiger partial charge is 0.464 e. The quantitative estimate of drug-likeness (QED) is 0.193. The summed E-state index contributed by atoms with van der Waals surface area (Å²) in [5, 5.41) is 3.22. The highest BCUT2D eigenvalue weighted by atomic mass is 28.3. The zero-order chi connectivity index (χ0) is 31.7. The summed E-state index contributed by atoms with van der Waals surface area (Å²) in [6.45, 7) is 11.4. The zero-order valence-electron chi connectivity index (χ0n) is 26.6. The van der Waals surface area contributed by atoms with Crippen LogP contribution in [0, 0.1) is 5.92 Å². The van der Waals surface area contributed by atoms with Gasteiger partial charge >= 0.3 is 12.1 Å². The van der Waals surface area contributed by atoms with Gasteiger partial charge in [0.1, 0.15) is 12.1 Å². The number of aromatic nitrogens is 2. The number of ether oxygens (including phenoxy) is 2. The second-order valence-corrected chi connectivity index (χ2v) is 18.4. The van der Waals surface area contributed by atoms with Gasteiger partial charge in [-0.05, 0) is 55.3 Å². The van der Waals surface area contributed by atoms with Gasteiger partial charge in [0.2, 0.25) is 11.9 Å². The van der Waals surface area contributed by atoms with Crippen LogP contribution in [0.2, 0.25) is 25.7 Å². The Kier molecular flexibility index (Phi) is 11.9. The first kappa shape index (κ1) is 33.8. The molecule has 3 rings (SSSR count). The van der Waals surface area contributed by atoms with E-state index in [0.29, 0.717) is 55.7 Å². The third-order valence-electron chi connectivity index (χ3n) is 7.31. The third-order valence-corrected chi connectivity index (χ3v) is 9.01. The van der Waals surface area contributed by atoms with Gasteiger partial charge in [0.25, 0.3) is 5.56 Å². The molecular weight excluding hydrogens is 566 g/mol. The zero-order valence-corrected chi connectivity index (χ0v) is 27.6. The normalized spacial score (nSPS) is 16.1. The molecule has 236 valence electrons. The highest BCUT2D eigenvalue weighted by Crippen LogP contribution is 2.22. The number of allylic oxidation sites excluding steroid dienone is 1. The van der Waals surface area contributed by atoms with E-state index < -0.39 is 26.3 Å². The van der Waals surface area contributed by atoms with E-state index in [1.54, 1.807) is 15.9 Å². The average molecular weight is 614 g/mol. The molecule has 2 heterocycles. The van der Waals surface area contributed by atoms with E-state index in [1.807, 2.05) is 52.2 Å². The summed E-state index contributed by atoms with van der Waals surface area (Å²) < 4.78 is 10.9. The molecule has 1 aliphatic rings. The third kappa shape index (κ3) is 9.94. The minimum atomic E-state index is -1.34. The number of H-pyrrole nitrogens is 1. The number of carbonyl (C=O) groups is 3. The number of alkyl carbamates (subject to hydrolysis) is 1. The van der Waals surface area contributed by atoms with Crippen molar-refractivity contribution in [3.05, 3.63) is 40.2 Å². The van der Waals surface area contributed by atoms with Crippen molar-refractivity contribution in [3.8, 4) is 0 Å². The number of aromatic amines is 1. The molecular formula is C31H47N5O6Si. The van der Waals surface area contributed by atoms with Gasteiger partial charge in [0.05, 0.1) is 24.1 Å². The van der Waals surface area contributed by atoms with Gasteiger partial charge in [0.15, 0.2) is 0 Å². The molecule has 1 saturated heterocycles. The van der Waals surface area contributed by atoms with E-state index in [-0.39, 0.29) is 30.0 Å². The van der Waals surface area contributed by atoms with Gasteiger partial charge in [-0.2, -0.15) is 0 Å². The second kappa shape index (κ2) is 15.2. The van der Waals surface area contributed by atoms with E-state index in [9.17, 15) is 19.2 Å². The maximum Gasteiger partial charge on any atom is 0.407 e. The van der Waals surface area contributed by atoms with Crippen molar-refractivity contribution in [3.63, 3.8) is 0 Å². The fourth-order valence-corrected chi connectivity index (χ4v) is 5.45. The van der Waals surface area contributed by atoms with Gasteiger partial charge in [-0.25, -0.2) is 14.6 Å². The van der Waals surface area contributed by atoms with E-state index in [2.05, 4.69) is 34.9 Å². The molecule has 1 aliphatic heterocycles. The molecule has 1 unspecified atom stereocenters. The molecule has 1 aromatic carbocycles. The summed E-state index contributed by atoms with van der Waals surface area (Å²) in [6.07, 6.45) is 5.72. The van der Waals surface area contributed by atoms with Crippen molar-refractivity contribution in [2.45, 2.75) is 77.3 Å². The lowest BCUT2D eigenvalue weighted by Gasteiger charge is -2.30. The van der Waals surface area contributed by atoms with E-state index >= 15 is 0 Å². The topological polar surface area (TPSA) is 134 Å². The lowest BCUT2D eigenvalue weighted by atomic mass is 10.0. The number of rotatable bonds is 13. The molecule has 43 heavy (non-hydrogen) atoms. The van der Waals surface area contributed by atoms with Crippen molar-refractivity contribution in [2.24, 2.45) is 5.92 Å². The van der Waals surface area contributed by atoms with Crippen LogP contribution in [0.5, 0.6) is 0 Å². The fourth-order valence-electron chi connectivity index (χ4n) is 4.74. The van der Waals surface area contributed by atoms with E-state index in [1.165, 1.54) is 0 Å². The number of nitrogens with one attached hydrogen (secondary N) is 2. The number of hydrogen-bond donors (Lipinski definition) is 2. The predicted molar refractivity (Wildman–Crippen MR) is 172 cm³/mol. The Balaban J connectivity index is 1.46. The highest BCUT2D eigenvalue weighted by molar-refractivity contribution is 6.76. The summed E-state index contributed by atoms with van der Waals surface area (Å²) in [5.41, 5.74) is 1.30. The molecule has 0 aliphatic carbocycles. The standard InChI is InChI=1S/C31H47N5O6Si/c1-21(2)26(28(38)36-16-11-13-25(36)29(39)41-18-19-43(5,6)7)33-31(40)42-17-10-8-9-12-22-14-15-24-23(20-22)27(37)34-30(32-24)35(3)4/h9,12,14-15,20-21,25-26H,8,10-11,13,16-19H2,1-7H3,(H,33,40)(H,32,34,37)/b12-9+/t25-,26?/m0/s1. The number of esters is 1. The van der Waals surface area contributed by atoms with Crippen LogP contribution in [0.4, 0.5) is 10.7 Å². The number of anilines is 1. The Bertz CT molecular complexity index is 1370. The van der Waals surface area contributed by atoms with Gasteiger partial charge < -0.3 is 24.6 Å². The number of hydrogen-bond acceptors (Lipinski definition) is 8. The molecule has 1 fully saturated rings. The molecule has 0 radical (unpaired) electrons. The number of nitrogens with zero attached hydrogens (tertiary/aromatic N) is 3. The SMILES string of the molecule is CC(C)C(NC(=O)OCCC/C=C/c1ccc2nc(N(C)C)[nH]c(=O)c2c1)C(=O)N1CCC[C@H]1C(=O)OCC[Si](C)(C)C.